The highest BCUT2D eigenvalue weighted by atomic mass is 79.9. The molecule has 3 rings (SSSR count). The average Bonchev–Trinajstić information content (AvgIpc) is 2.76. The van der Waals surface area contributed by atoms with Crippen LogP contribution in [0.4, 0.5) is 0 Å². The molecule has 0 unspecified atom stereocenters. The van der Waals surface area contributed by atoms with Gasteiger partial charge in [-0.15, -0.1) is 0 Å². The number of aromatic hydroxyl groups is 2. The number of phenols is 2. The molecule has 0 saturated heterocycles. The molecule has 0 fully saturated rings. The third-order valence-electron chi connectivity index (χ3n) is 3.04. The number of benzene rings is 2. The van der Waals surface area contributed by atoms with Crippen molar-refractivity contribution in [3.63, 3.8) is 0 Å². The molecule has 0 atom stereocenters. The molecule has 1 heterocycles. The third kappa shape index (κ3) is 1.96. The molecule has 0 aliphatic carbocycles. The molecule has 0 radical (unpaired) electrons. The van der Waals surface area contributed by atoms with E-state index in [2.05, 4.69) is 27.6 Å². The topological polar surface area (TPSA) is 58.3 Å². The van der Waals surface area contributed by atoms with Crippen molar-refractivity contribution in [1.29, 1.82) is 0 Å². The number of fused-ring (bicyclic) bond motifs is 1. The Morgan fingerprint density at radius 1 is 1.10 bits per heavy atom. The Morgan fingerprint density at radius 2 is 1.80 bits per heavy atom. The summed E-state index contributed by atoms with van der Waals surface area (Å²) in [6.45, 7) is 3.81. The monoisotopic (exact) mass is 330 g/mol. The maximum Gasteiger partial charge on any atom is 0.116 e. The molecular weight excluding hydrogens is 320 g/mol. The molecule has 4 nitrogen and oxygen atoms in total. The molecule has 0 saturated carbocycles. The van der Waals surface area contributed by atoms with E-state index >= 15 is 0 Å². The molecule has 0 amide bonds. The van der Waals surface area contributed by atoms with E-state index in [9.17, 15) is 10.2 Å². The van der Waals surface area contributed by atoms with E-state index < -0.39 is 0 Å². The fraction of sp³-hybridized carbons (Fsp3) is 0. The minimum absolute atomic E-state index is 0.176. The van der Waals surface area contributed by atoms with Crippen molar-refractivity contribution in [2.75, 3.05) is 0 Å². The normalized spacial score (nSPS) is 10.8. The van der Waals surface area contributed by atoms with Gasteiger partial charge in [0.15, 0.2) is 0 Å². The van der Waals surface area contributed by atoms with Crippen LogP contribution in [0.15, 0.2) is 47.4 Å². The van der Waals surface area contributed by atoms with Crippen molar-refractivity contribution in [2.45, 2.75) is 0 Å². The van der Waals surface area contributed by atoms with E-state index in [1.165, 1.54) is 0 Å². The van der Waals surface area contributed by atoms with Crippen LogP contribution in [0, 0.1) is 0 Å². The summed E-state index contributed by atoms with van der Waals surface area (Å²) in [5.74, 6) is 0.361. The van der Waals surface area contributed by atoms with E-state index in [0.717, 1.165) is 26.8 Å². The van der Waals surface area contributed by atoms with Crippen LogP contribution in [0.25, 0.3) is 22.7 Å². The first-order valence-corrected chi connectivity index (χ1v) is 6.72. The van der Waals surface area contributed by atoms with Gasteiger partial charge in [-0.25, -0.2) is 4.68 Å². The zero-order valence-corrected chi connectivity index (χ0v) is 12.0. The summed E-state index contributed by atoms with van der Waals surface area (Å²) in [5.41, 5.74) is 2.33. The predicted molar refractivity (Wildman–Crippen MR) is 82.2 cm³/mol. The molecule has 2 N–H and O–H groups in total. The van der Waals surface area contributed by atoms with E-state index in [-0.39, 0.29) is 11.5 Å². The number of hydrogen-bond acceptors (Lipinski definition) is 3. The predicted octanol–water partition coefficient (Wildman–Crippen LogP) is 3.84. The van der Waals surface area contributed by atoms with Gasteiger partial charge in [-0.1, -0.05) is 6.58 Å². The second-order valence-electron chi connectivity index (χ2n) is 4.34. The van der Waals surface area contributed by atoms with Gasteiger partial charge in [0.1, 0.15) is 11.5 Å². The second-order valence-corrected chi connectivity index (χ2v) is 5.19. The van der Waals surface area contributed by atoms with E-state index in [1.807, 2.05) is 0 Å². The largest absolute Gasteiger partial charge is 0.508 e. The van der Waals surface area contributed by atoms with Gasteiger partial charge < -0.3 is 10.2 Å². The van der Waals surface area contributed by atoms with Crippen LogP contribution in [0.5, 0.6) is 11.5 Å². The first-order chi connectivity index (χ1) is 9.60. The molecule has 20 heavy (non-hydrogen) atoms. The van der Waals surface area contributed by atoms with Gasteiger partial charge in [-0.3, -0.25) is 0 Å². The van der Waals surface area contributed by atoms with Crippen LogP contribution in [-0.2, 0) is 0 Å². The standard InChI is InChI=1S/C15H11BrN2O2/c1-2-14-11-7-9(19)3-5-13(11)17-18(14)15-6-4-10(20)8-12(15)16/h2-8,19-20H,1H2. The molecule has 100 valence electrons. The van der Waals surface area contributed by atoms with Gasteiger partial charge in [-0.05, 0) is 58.4 Å². The van der Waals surface area contributed by atoms with Crippen LogP contribution in [-0.4, -0.2) is 20.0 Å². The van der Waals surface area contributed by atoms with Crippen molar-refractivity contribution in [1.82, 2.24) is 9.78 Å². The number of hydrogen-bond donors (Lipinski definition) is 2. The minimum Gasteiger partial charge on any atom is -0.508 e. The fourth-order valence-electron chi connectivity index (χ4n) is 2.14. The summed E-state index contributed by atoms with van der Waals surface area (Å²) in [6.07, 6.45) is 1.69. The number of phenolic OH excluding ortho intramolecular Hbond substituents is 2. The van der Waals surface area contributed by atoms with Crippen LogP contribution in [0.2, 0.25) is 0 Å². The molecule has 0 aliphatic rings. The highest BCUT2D eigenvalue weighted by molar-refractivity contribution is 9.10. The summed E-state index contributed by atoms with van der Waals surface area (Å²) in [5, 5.41) is 24.4. The highest BCUT2D eigenvalue weighted by Gasteiger charge is 2.13. The maximum absolute atomic E-state index is 9.61. The molecule has 5 heteroatoms. The van der Waals surface area contributed by atoms with E-state index in [0.29, 0.717) is 0 Å². The van der Waals surface area contributed by atoms with Crippen molar-refractivity contribution in [2.24, 2.45) is 0 Å². The number of halogens is 1. The summed E-state index contributed by atoms with van der Waals surface area (Å²) >= 11 is 3.41. The van der Waals surface area contributed by atoms with E-state index in [1.54, 1.807) is 47.2 Å². The quantitative estimate of drug-likeness (QED) is 0.750. The van der Waals surface area contributed by atoms with Gasteiger partial charge >= 0.3 is 0 Å². The molecule has 1 aromatic heterocycles. The smallest absolute Gasteiger partial charge is 0.116 e. The lowest BCUT2D eigenvalue weighted by molar-refractivity contribution is 0.474. The second kappa shape index (κ2) is 4.68. The molecule has 0 bridgehead atoms. The van der Waals surface area contributed by atoms with Crippen molar-refractivity contribution in [3.05, 3.63) is 53.1 Å². The van der Waals surface area contributed by atoms with Crippen LogP contribution in [0.1, 0.15) is 5.69 Å². The Morgan fingerprint density at radius 3 is 2.50 bits per heavy atom. The van der Waals surface area contributed by atoms with Gasteiger partial charge in [0.25, 0.3) is 0 Å². The summed E-state index contributed by atoms with van der Waals surface area (Å²) < 4.78 is 2.44. The Balaban J connectivity index is 2.33. The first kappa shape index (κ1) is 12.7. The average molecular weight is 331 g/mol. The maximum atomic E-state index is 9.61. The molecule has 0 aliphatic heterocycles. The fourth-order valence-corrected chi connectivity index (χ4v) is 2.67. The highest BCUT2D eigenvalue weighted by Crippen LogP contribution is 2.30. The molecular formula is C15H11BrN2O2. The molecule has 2 aromatic carbocycles. The summed E-state index contributed by atoms with van der Waals surface area (Å²) in [4.78, 5) is 0. The van der Waals surface area contributed by atoms with Crippen molar-refractivity contribution >= 4 is 32.9 Å². The molecule has 3 aromatic rings. The lowest BCUT2D eigenvalue weighted by Crippen LogP contribution is -1.99. The Bertz CT molecular complexity index is 824. The van der Waals surface area contributed by atoms with Gasteiger partial charge in [0.2, 0.25) is 0 Å². The summed E-state index contributed by atoms with van der Waals surface area (Å²) in [7, 11) is 0. The van der Waals surface area contributed by atoms with Gasteiger partial charge in [0, 0.05) is 9.86 Å². The number of aromatic nitrogens is 2. The van der Waals surface area contributed by atoms with Gasteiger partial charge in [0.05, 0.1) is 16.9 Å². The van der Waals surface area contributed by atoms with Crippen molar-refractivity contribution < 1.29 is 10.2 Å². The Hall–Kier alpha value is -2.27. The van der Waals surface area contributed by atoms with Crippen LogP contribution >= 0.6 is 15.9 Å². The van der Waals surface area contributed by atoms with Crippen LogP contribution in [0.3, 0.4) is 0 Å². The Labute approximate surface area is 123 Å². The van der Waals surface area contributed by atoms with Gasteiger partial charge in [-0.2, -0.15) is 5.10 Å². The Kier molecular flexibility index (Phi) is 2.99. The number of rotatable bonds is 2. The SMILES string of the molecule is C=Cc1c2cc(O)ccc2nn1-c1ccc(O)cc1Br. The molecule has 0 spiro atoms. The first-order valence-electron chi connectivity index (χ1n) is 5.93. The van der Waals surface area contributed by atoms with E-state index in [4.69, 9.17) is 0 Å². The lowest BCUT2D eigenvalue weighted by Gasteiger charge is -2.07. The minimum atomic E-state index is 0.176. The zero-order chi connectivity index (χ0) is 14.3. The van der Waals surface area contributed by atoms with Crippen molar-refractivity contribution in [3.8, 4) is 17.2 Å². The number of nitrogens with zero attached hydrogens (tertiary/aromatic N) is 2. The lowest BCUT2D eigenvalue weighted by atomic mass is 10.2. The summed E-state index contributed by atoms with van der Waals surface area (Å²) in [6, 6.07) is 9.96. The van der Waals surface area contributed by atoms with Crippen LogP contribution < -0.4 is 0 Å². The third-order valence-corrected chi connectivity index (χ3v) is 3.68. The zero-order valence-electron chi connectivity index (χ0n) is 10.4.